The molecular formula is C23H33IN4O. The second-order valence-corrected chi connectivity index (χ2v) is 7.28. The first-order valence-electron chi connectivity index (χ1n) is 10.1. The fourth-order valence-electron chi connectivity index (χ4n) is 3.62. The van der Waals surface area contributed by atoms with E-state index in [9.17, 15) is 0 Å². The van der Waals surface area contributed by atoms with E-state index < -0.39 is 0 Å². The predicted molar refractivity (Wildman–Crippen MR) is 131 cm³/mol. The summed E-state index contributed by atoms with van der Waals surface area (Å²) in [6.45, 7) is 4.13. The van der Waals surface area contributed by atoms with Gasteiger partial charge in [0.05, 0.1) is 7.11 Å². The largest absolute Gasteiger partial charge is 0.497 e. The number of methoxy groups -OCH3 is 1. The number of guanidine groups is 1. The Balaban J connectivity index is 0.00000300. The van der Waals surface area contributed by atoms with Gasteiger partial charge >= 0.3 is 0 Å². The Morgan fingerprint density at radius 3 is 2.48 bits per heavy atom. The average Bonchev–Trinajstić information content (AvgIpc) is 2.75. The van der Waals surface area contributed by atoms with Gasteiger partial charge in [-0.2, -0.15) is 0 Å². The van der Waals surface area contributed by atoms with Crippen LogP contribution in [0, 0.1) is 0 Å². The second kappa shape index (κ2) is 12.7. The third-order valence-corrected chi connectivity index (χ3v) is 5.24. The fraction of sp³-hybridized carbons (Fsp3) is 0.435. The van der Waals surface area contributed by atoms with Crippen LogP contribution in [0.25, 0.3) is 0 Å². The maximum atomic E-state index is 5.29. The minimum atomic E-state index is 0. The van der Waals surface area contributed by atoms with Crippen LogP contribution in [-0.2, 0) is 13.0 Å². The van der Waals surface area contributed by atoms with Crippen LogP contribution in [0.4, 0.5) is 0 Å². The Labute approximate surface area is 192 Å². The van der Waals surface area contributed by atoms with Crippen LogP contribution in [0.1, 0.15) is 24.0 Å². The van der Waals surface area contributed by atoms with E-state index >= 15 is 0 Å². The summed E-state index contributed by atoms with van der Waals surface area (Å²) >= 11 is 0. The number of likely N-dealkylation sites (tertiary alicyclic amines) is 1. The van der Waals surface area contributed by atoms with Crippen LogP contribution < -0.4 is 15.4 Å². The number of benzene rings is 2. The van der Waals surface area contributed by atoms with E-state index in [1.165, 1.54) is 11.1 Å². The van der Waals surface area contributed by atoms with Crippen molar-refractivity contribution >= 4 is 29.9 Å². The lowest BCUT2D eigenvalue weighted by Crippen LogP contribution is -2.48. The van der Waals surface area contributed by atoms with Crippen molar-refractivity contribution < 1.29 is 4.74 Å². The molecule has 0 amide bonds. The van der Waals surface area contributed by atoms with Crippen molar-refractivity contribution in [1.29, 1.82) is 0 Å². The Morgan fingerprint density at radius 1 is 1.07 bits per heavy atom. The molecule has 1 saturated heterocycles. The van der Waals surface area contributed by atoms with Crippen molar-refractivity contribution in [1.82, 2.24) is 15.5 Å². The molecular weight excluding hydrogens is 475 g/mol. The summed E-state index contributed by atoms with van der Waals surface area (Å²) in [5.41, 5.74) is 2.65. The Hall–Kier alpha value is -1.80. The van der Waals surface area contributed by atoms with E-state index in [0.717, 1.165) is 57.2 Å². The van der Waals surface area contributed by atoms with Crippen molar-refractivity contribution in [3.8, 4) is 5.75 Å². The molecule has 2 aromatic rings. The highest BCUT2D eigenvalue weighted by molar-refractivity contribution is 14.0. The van der Waals surface area contributed by atoms with Gasteiger partial charge in [0.25, 0.3) is 0 Å². The molecule has 0 aromatic heterocycles. The molecule has 1 fully saturated rings. The van der Waals surface area contributed by atoms with Crippen LogP contribution in [0.15, 0.2) is 59.6 Å². The first kappa shape index (κ1) is 23.5. The van der Waals surface area contributed by atoms with Crippen LogP contribution >= 0.6 is 24.0 Å². The standard InChI is InChI=1S/C23H32N4O.HI/c1-24-23(25-14-11-19-9-6-10-22(17-19)28-2)26-21-12-15-27(16-13-21)18-20-7-4-3-5-8-20;/h3-10,17,21H,11-16,18H2,1-2H3,(H2,24,25,26);1H. The molecule has 1 aliphatic rings. The topological polar surface area (TPSA) is 48.9 Å². The predicted octanol–water partition coefficient (Wildman–Crippen LogP) is 3.69. The smallest absolute Gasteiger partial charge is 0.191 e. The van der Waals surface area contributed by atoms with Crippen molar-refractivity contribution in [3.05, 3.63) is 65.7 Å². The van der Waals surface area contributed by atoms with Gasteiger partial charge < -0.3 is 15.4 Å². The highest BCUT2D eigenvalue weighted by Gasteiger charge is 2.19. The van der Waals surface area contributed by atoms with Crippen LogP contribution in [0.5, 0.6) is 5.75 Å². The number of halogens is 1. The summed E-state index contributed by atoms with van der Waals surface area (Å²) in [7, 11) is 3.54. The van der Waals surface area contributed by atoms with Gasteiger partial charge in [0.15, 0.2) is 5.96 Å². The summed E-state index contributed by atoms with van der Waals surface area (Å²) in [4.78, 5) is 6.92. The van der Waals surface area contributed by atoms with Gasteiger partial charge in [-0.1, -0.05) is 42.5 Å². The maximum Gasteiger partial charge on any atom is 0.191 e. The number of rotatable bonds is 7. The molecule has 0 spiro atoms. The monoisotopic (exact) mass is 508 g/mol. The number of hydrogen-bond acceptors (Lipinski definition) is 3. The van der Waals surface area contributed by atoms with E-state index in [0.29, 0.717) is 6.04 Å². The fourth-order valence-corrected chi connectivity index (χ4v) is 3.62. The Kier molecular flexibility index (Phi) is 10.3. The summed E-state index contributed by atoms with van der Waals surface area (Å²) in [6, 6.07) is 19.4. The molecule has 2 aromatic carbocycles. The maximum absolute atomic E-state index is 5.29. The first-order valence-corrected chi connectivity index (χ1v) is 10.1. The molecule has 0 radical (unpaired) electrons. The molecule has 0 saturated carbocycles. The Morgan fingerprint density at radius 2 is 1.79 bits per heavy atom. The molecule has 158 valence electrons. The molecule has 29 heavy (non-hydrogen) atoms. The highest BCUT2D eigenvalue weighted by atomic mass is 127. The van der Waals surface area contributed by atoms with E-state index in [-0.39, 0.29) is 24.0 Å². The van der Waals surface area contributed by atoms with Crippen LogP contribution in [0.2, 0.25) is 0 Å². The summed E-state index contributed by atoms with van der Waals surface area (Å²) in [5.74, 6) is 1.80. The molecule has 3 rings (SSSR count). The van der Waals surface area contributed by atoms with Gasteiger partial charge in [-0.05, 0) is 42.5 Å². The molecule has 0 bridgehead atoms. The third-order valence-electron chi connectivity index (χ3n) is 5.24. The SMILES string of the molecule is CN=C(NCCc1cccc(OC)c1)NC1CCN(Cc2ccccc2)CC1.I. The van der Waals surface area contributed by atoms with Gasteiger partial charge in [-0.25, -0.2) is 0 Å². The number of piperidine rings is 1. The average molecular weight is 508 g/mol. The molecule has 0 aliphatic carbocycles. The number of ether oxygens (including phenoxy) is 1. The summed E-state index contributed by atoms with van der Waals surface area (Å²) in [6.07, 6.45) is 3.22. The Bertz CT molecular complexity index is 746. The third kappa shape index (κ3) is 7.85. The quantitative estimate of drug-likeness (QED) is 0.341. The molecule has 1 heterocycles. The second-order valence-electron chi connectivity index (χ2n) is 7.28. The summed E-state index contributed by atoms with van der Waals surface area (Å²) in [5, 5.41) is 7.02. The van der Waals surface area contributed by atoms with Gasteiger partial charge in [0.1, 0.15) is 5.75 Å². The molecule has 2 N–H and O–H groups in total. The minimum Gasteiger partial charge on any atom is -0.497 e. The van der Waals surface area contributed by atoms with Crippen molar-refractivity contribution in [2.45, 2.75) is 31.8 Å². The van der Waals surface area contributed by atoms with E-state index in [1.54, 1.807) is 7.11 Å². The van der Waals surface area contributed by atoms with Gasteiger partial charge in [0.2, 0.25) is 0 Å². The molecule has 0 unspecified atom stereocenters. The minimum absolute atomic E-state index is 0. The molecule has 1 aliphatic heterocycles. The highest BCUT2D eigenvalue weighted by Crippen LogP contribution is 2.14. The van der Waals surface area contributed by atoms with Crippen molar-refractivity contribution in [2.75, 3.05) is 33.8 Å². The molecule has 5 nitrogen and oxygen atoms in total. The van der Waals surface area contributed by atoms with Crippen LogP contribution in [0.3, 0.4) is 0 Å². The number of aliphatic imine (C=N–C) groups is 1. The number of hydrogen-bond donors (Lipinski definition) is 2. The first-order chi connectivity index (χ1) is 13.8. The van der Waals surface area contributed by atoms with Gasteiger partial charge in [-0.15, -0.1) is 24.0 Å². The van der Waals surface area contributed by atoms with Gasteiger partial charge in [0, 0.05) is 39.3 Å². The van der Waals surface area contributed by atoms with Crippen molar-refractivity contribution in [3.63, 3.8) is 0 Å². The zero-order valence-electron chi connectivity index (χ0n) is 17.4. The lowest BCUT2D eigenvalue weighted by molar-refractivity contribution is 0.198. The molecule has 0 atom stereocenters. The molecule has 6 heteroatoms. The zero-order chi connectivity index (χ0) is 19.6. The van der Waals surface area contributed by atoms with Gasteiger partial charge in [-0.3, -0.25) is 9.89 Å². The van der Waals surface area contributed by atoms with E-state index in [4.69, 9.17) is 4.74 Å². The van der Waals surface area contributed by atoms with Crippen LogP contribution in [-0.4, -0.2) is 50.7 Å². The van der Waals surface area contributed by atoms with E-state index in [1.807, 2.05) is 19.2 Å². The number of nitrogens with zero attached hydrogens (tertiary/aromatic N) is 2. The lowest BCUT2D eigenvalue weighted by Gasteiger charge is -2.33. The van der Waals surface area contributed by atoms with Crippen molar-refractivity contribution in [2.24, 2.45) is 4.99 Å². The number of nitrogens with one attached hydrogen (secondary N) is 2. The van der Waals surface area contributed by atoms with E-state index in [2.05, 4.69) is 63.0 Å². The lowest BCUT2D eigenvalue weighted by atomic mass is 10.0. The summed E-state index contributed by atoms with van der Waals surface area (Å²) < 4.78 is 5.29. The normalized spacial score (nSPS) is 15.4. The zero-order valence-corrected chi connectivity index (χ0v) is 19.8.